The molecule has 1 aromatic rings. The van der Waals surface area contributed by atoms with Gasteiger partial charge in [0.05, 0.1) is 13.2 Å². The van der Waals surface area contributed by atoms with Crippen LogP contribution in [0.3, 0.4) is 0 Å². The lowest BCUT2D eigenvalue weighted by molar-refractivity contribution is 0.215. The van der Waals surface area contributed by atoms with Gasteiger partial charge in [-0.25, -0.2) is 0 Å². The van der Waals surface area contributed by atoms with Crippen molar-refractivity contribution in [3.05, 3.63) is 23.3 Å². The summed E-state index contributed by atoms with van der Waals surface area (Å²) in [6.07, 6.45) is 0. The summed E-state index contributed by atoms with van der Waals surface area (Å²) in [5.41, 5.74) is 0. The smallest absolute Gasteiger partial charge is 0.207 e. The molecule has 1 rings (SSSR count). The van der Waals surface area contributed by atoms with Crippen LogP contribution in [0.15, 0.2) is 0 Å². The summed E-state index contributed by atoms with van der Waals surface area (Å²) < 4.78 is 64.3. The second-order valence-corrected chi connectivity index (χ2v) is 5.32. The van der Waals surface area contributed by atoms with Crippen molar-refractivity contribution in [2.24, 2.45) is 11.8 Å². The molecule has 0 aliphatic rings. The molecule has 0 radical (unpaired) electrons. The van der Waals surface area contributed by atoms with Gasteiger partial charge in [-0.1, -0.05) is 27.7 Å². The Morgan fingerprint density at radius 3 is 1.10 bits per heavy atom. The molecule has 0 saturated heterocycles. The SMILES string of the molecule is CC(C)COc1c(F)c(F)c(OCC(C)C)c(F)c1F. The summed E-state index contributed by atoms with van der Waals surface area (Å²) >= 11 is 0. The van der Waals surface area contributed by atoms with Crippen LogP contribution in [0, 0.1) is 35.1 Å². The van der Waals surface area contributed by atoms with Gasteiger partial charge >= 0.3 is 0 Å². The number of halogens is 4. The molecule has 0 heterocycles. The van der Waals surface area contributed by atoms with Gasteiger partial charge in [0.25, 0.3) is 0 Å². The molecule has 0 spiro atoms. The zero-order valence-electron chi connectivity index (χ0n) is 11.9. The van der Waals surface area contributed by atoms with Crippen LogP contribution in [0.2, 0.25) is 0 Å². The summed E-state index contributed by atoms with van der Waals surface area (Å²) in [5.74, 6) is -8.51. The summed E-state index contributed by atoms with van der Waals surface area (Å²) in [7, 11) is 0. The lowest BCUT2D eigenvalue weighted by Crippen LogP contribution is -2.13. The quantitative estimate of drug-likeness (QED) is 0.575. The average Bonchev–Trinajstić information content (AvgIpc) is 2.35. The minimum Gasteiger partial charge on any atom is -0.487 e. The van der Waals surface area contributed by atoms with E-state index in [0.717, 1.165) is 0 Å². The van der Waals surface area contributed by atoms with Crippen LogP contribution in [-0.4, -0.2) is 13.2 Å². The molecule has 2 nitrogen and oxygen atoms in total. The van der Waals surface area contributed by atoms with E-state index in [1.807, 2.05) is 0 Å². The van der Waals surface area contributed by atoms with E-state index < -0.39 is 34.8 Å². The highest BCUT2D eigenvalue weighted by Crippen LogP contribution is 2.35. The highest BCUT2D eigenvalue weighted by molar-refractivity contribution is 5.38. The van der Waals surface area contributed by atoms with E-state index in [9.17, 15) is 17.6 Å². The van der Waals surface area contributed by atoms with Crippen LogP contribution < -0.4 is 9.47 Å². The zero-order valence-corrected chi connectivity index (χ0v) is 11.9. The van der Waals surface area contributed by atoms with E-state index in [0.29, 0.717) is 0 Å². The molecule has 0 N–H and O–H groups in total. The molecule has 0 fully saturated rings. The van der Waals surface area contributed by atoms with Crippen molar-refractivity contribution in [1.29, 1.82) is 0 Å². The topological polar surface area (TPSA) is 18.5 Å². The number of hydrogen-bond donors (Lipinski definition) is 0. The van der Waals surface area contributed by atoms with Crippen molar-refractivity contribution in [3.63, 3.8) is 0 Å². The van der Waals surface area contributed by atoms with Gasteiger partial charge in [0.15, 0.2) is 11.5 Å². The minimum atomic E-state index is -1.58. The van der Waals surface area contributed by atoms with Gasteiger partial charge < -0.3 is 9.47 Å². The maximum atomic E-state index is 13.7. The predicted molar refractivity (Wildman–Crippen MR) is 66.9 cm³/mol. The van der Waals surface area contributed by atoms with Crippen molar-refractivity contribution in [2.75, 3.05) is 13.2 Å². The molecule has 1 aromatic carbocycles. The highest BCUT2D eigenvalue weighted by atomic mass is 19.2. The molecule has 0 aliphatic carbocycles. The van der Waals surface area contributed by atoms with Gasteiger partial charge in [-0.3, -0.25) is 0 Å². The van der Waals surface area contributed by atoms with Crippen molar-refractivity contribution in [2.45, 2.75) is 27.7 Å². The van der Waals surface area contributed by atoms with Crippen molar-refractivity contribution >= 4 is 0 Å². The fraction of sp³-hybridized carbons (Fsp3) is 0.571. The Labute approximate surface area is 115 Å². The third-order valence-electron chi connectivity index (χ3n) is 2.30. The van der Waals surface area contributed by atoms with Crippen LogP contribution in [0.1, 0.15) is 27.7 Å². The molecule has 0 aromatic heterocycles. The van der Waals surface area contributed by atoms with Crippen molar-refractivity contribution in [1.82, 2.24) is 0 Å². The Morgan fingerprint density at radius 1 is 0.650 bits per heavy atom. The van der Waals surface area contributed by atoms with Crippen molar-refractivity contribution < 1.29 is 27.0 Å². The van der Waals surface area contributed by atoms with E-state index in [-0.39, 0.29) is 25.0 Å². The fourth-order valence-corrected chi connectivity index (χ4v) is 1.34. The first-order chi connectivity index (χ1) is 9.25. The average molecular weight is 294 g/mol. The molecule has 20 heavy (non-hydrogen) atoms. The Morgan fingerprint density at radius 2 is 0.900 bits per heavy atom. The Hall–Kier alpha value is -1.46. The van der Waals surface area contributed by atoms with Crippen LogP contribution in [0.25, 0.3) is 0 Å². The Balaban J connectivity index is 3.13. The summed E-state index contributed by atoms with van der Waals surface area (Å²) in [4.78, 5) is 0. The molecule has 0 aliphatic heterocycles. The molecule has 0 amide bonds. The third-order valence-corrected chi connectivity index (χ3v) is 2.30. The fourth-order valence-electron chi connectivity index (χ4n) is 1.34. The second kappa shape index (κ2) is 6.81. The zero-order chi connectivity index (χ0) is 15.4. The van der Waals surface area contributed by atoms with Crippen molar-refractivity contribution in [3.8, 4) is 11.5 Å². The standard InChI is InChI=1S/C14H18F4O2/c1-7(2)5-19-13-9(15)11(17)14(12(18)10(13)16)20-6-8(3)4/h7-8H,5-6H2,1-4H3. The van der Waals surface area contributed by atoms with Gasteiger partial charge in [0.1, 0.15) is 0 Å². The van der Waals surface area contributed by atoms with Gasteiger partial charge in [-0.15, -0.1) is 0 Å². The largest absolute Gasteiger partial charge is 0.487 e. The molecule has 0 saturated carbocycles. The van der Waals surface area contributed by atoms with Gasteiger partial charge in [-0.2, -0.15) is 17.6 Å². The molecular formula is C14H18F4O2. The predicted octanol–water partition coefficient (Wildman–Crippen LogP) is 4.31. The van der Waals surface area contributed by atoms with Gasteiger partial charge in [-0.05, 0) is 11.8 Å². The summed E-state index contributed by atoms with van der Waals surface area (Å²) in [6, 6.07) is 0. The van der Waals surface area contributed by atoms with Gasteiger partial charge in [0, 0.05) is 0 Å². The molecule has 114 valence electrons. The number of benzene rings is 1. The van der Waals surface area contributed by atoms with Crippen LogP contribution in [0.5, 0.6) is 11.5 Å². The highest BCUT2D eigenvalue weighted by Gasteiger charge is 2.28. The van der Waals surface area contributed by atoms with E-state index in [2.05, 4.69) is 0 Å². The van der Waals surface area contributed by atoms with E-state index >= 15 is 0 Å². The third kappa shape index (κ3) is 3.77. The van der Waals surface area contributed by atoms with E-state index in [1.54, 1.807) is 27.7 Å². The van der Waals surface area contributed by atoms with Gasteiger partial charge in [0.2, 0.25) is 23.3 Å². The molecule has 6 heteroatoms. The monoisotopic (exact) mass is 294 g/mol. The van der Waals surface area contributed by atoms with E-state index in [4.69, 9.17) is 9.47 Å². The number of hydrogen-bond acceptors (Lipinski definition) is 2. The molecule has 0 atom stereocenters. The lowest BCUT2D eigenvalue weighted by Gasteiger charge is -2.15. The Kier molecular flexibility index (Phi) is 5.65. The normalized spacial score (nSPS) is 11.3. The maximum absolute atomic E-state index is 13.7. The summed E-state index contributed by atoms with van der Waals surface area (Å²) in [6.45, 7) is 6.84. The number of ether oxygens (including phenoxy) is 2. The van der Waals surface area contributed by atoms with Crippen LogP contribution >= 0.6 is 0 Å². The second-order valence-electron chi connectivity index (χ2n) is 5.32. The molecular weight excluding hydrogens is 276 g/mol. The first-order valence-electron chi connectivity index (χ1n) is 6.37. The Bertz CT molecular complexity index is 401. The first-order valence-corrected chi connectivity index (χ1v) is 6.37. The number of rotatable bonds is 6. The first kappa shape index (κ1) is 16.6. The van der Waals surface area contributed by atoms with Crippen LogP contribution in [0.4, 0.5) is 17.6 Å². The van der Waals surface area contributed by atoms with E-state index in [1.165, 1.54) is 0 Å². The van der Waals surface area contributed by atoms with Crippen LogP contribution in [-0.2, 0) is 0 Å². The molecule has 0 bridgehead atoms. The molecule has 0 unspecified atom stereocenters. The maximum Gasteiger partial charge on any atom is 0.207 e. The summed E-state index contributed by atoms with van der Waals surface area (Å²) in [5, 5.41) is 0. The minimum absolute atomic E-state index is 0.0446. The lowest BCUT2D eigenvalue weighted by atomic mass is 10.2.